The number of carbonyl (C=O) groups excluding carboxylic acids is 1. The lowest BCUT2D eigenvalue weighted by atomic mass is 10.2. The number of carbonyl (C=O) groups is 1. The Hall–Kier alpha value is -0.960. The molecule has 0 spiro atoms. The zero-order valence-electron chi connectivity index (χ0n) is 7.53. The molecule has 1 aromatic rings. The quantitative estimate of drug-likeness (QED) is 0.546. The van der Waals surface area contributed by atoms with Crippen molar-refractivity contribution in [2.45, 2.75) is 13.3 Å². The highest BCUT2D eigenvalue weighted by Crippen LogP contribution is 2.07. The first kappa shape index (κ1) is 10.1. The van der Waals surface area contributed by atoms with Crippen LogP contribution in [0.3, 0.4) is 0 Å². The first-order valence-electron chi connectivity index (χ1n) is 4.13. The normalized spacial score (nSPS) is 9.62. The highest BCUT2D eigenvalue weighted by Gasteiger charge is 1.95. The molecule has 0 aliphatic rings. The van der Waals surface area contributed by atoms with Gasteiger partial charge in [-0.1, -0.05) is 30.3 Å². The molecule has 0 amide bonds. The van der Waals surface area contributed by atoms with E-state index < -0.39 is 0 Å². The maximum Gasteiger partial charge on any atom is 0.314 e. The van der Waals surface area contributed by atoms with E-state index in [1.807, 2.05) is 18.2 Å². The predicted octanol–water partition coefficient (Wildman–Crippen LogP) is 2.44. The third-order valence-corrected chi connectivity index (χ3v) is 2.22. The summed E-state index contributed by atoms with van der Waals surface area (Å²) >= 11 is 1.21. The van der Waals surface area contributed by atoms with E-state index in [-0.39, 0.29) is 5.97 Å². The van der Waals surface area contributed by atoms with Crippen molar-refractivity contribution in [3.8, 4) is 0 Å². The van der Waals surface area contributed by atoms with E-state index in [4.69, 9.17) is 4.18 Å². The van der Waals surface area contributed by atoms with Crippen molar-refractivity contribution in [2.24, 2.45) is 0 Å². The SMILES string of the molecule is CC(=O)OSCCc1ccccc1. The van der Waals surface area contributed by atoms with Gasteiger partial charge in [-0.3, -0.25) is 4.79 Å². The van der Waals surface area contributed by atoms with E-state index in [1.54, 1.807) is 0 Å². The topological polar surface area (TPSA) is 26.3 Å². The smallest absolute Gasteiger partial charge is 0.314 e. The van der Waals surface area contributed by atoms with Crippen LogP contribution in [0.2, 0.25) is 0 Å². The summed E-state index contributed by atoms with van der Waals surface area (Å²) in [6.45, 7) is 1.41. The molecule has 2 nitrogen and oxygen atoms in total. The summed E-state index contributed by atoms with van der Waals surface area (Å²) in [6.07, 6.45) is 0.929. The monoisotopic (exact) mass is 196 g/mol. The Labute approximate surface area is 82.5 Å². The van der Waals surface area contributed by atoms with Crippen molar-refractivity contribution in [2.75, 3.05) is 5.75 Å². The summed E-state index contributed by atoms with van der Waals surface area (Å²) < 4.78 is 4.74. The van der Waals surface area contributed by atoms with Gasteiger partial charge in [0.25, 0.3) is 0 Å². The van der Waals surface area contributed by atoms with Crippen molar-refractivity contribution in [1.82, 2.24) is 0 Å². The summed E-state index contributed by atoms with van der Waals surface area (Å²) in [7, 11) is 0. The molecule has 1 rings (SSSR count). The minimum atomic E-state index is -0.238. The molecule has 0 radical (unpaired) electrons. The maximum absolute atomic E-state index is 10.4. The van der Waals surface area contributed by atoms with Gasteiger partial charge in [0.2, 0.25) is 0 Å². The van der Waals surface area contributed by atoms with Gasteiger partial charge in [-0.25, -0.2) is 0 Å². The van der Waals surface area contributed by atoms with Gasteiger partial charge in [0.05, 0.1) is 12.0 Å². The minimum Gasteiger partial charge on any atom is -0.392 e. The molecule has 13 heavy (non-hydrogen) atoms. The summed E-state index contributed by atoms with van der Waals surface area (Å²) in [4.78, 5) is 10.4. The molecule has 70 valence electrons. The van der Waals surface area contributed by atoms with Gasteiger partial charge >= 0.3 is 5.97 Å². The van der Waals surface area contributed by atoms with Gasteiger partial charge in [0.15, 0.2) is 0 Å². The van der Waals surface area contributed by atoms with Crippen molar-refractivity contribution in [1.29, 1.82) is 0 Å². The molecule has 3 heteroatoms. The average molecular weight is 196 g/mol. The van der Waals surface area contributed by atoms with E-state index in [0.717, 1.165) is 12.2 Å². The second-order valence-electron chi connectivity index (χ2n) is 2.63. The summed E-state index contributed by atoms with van der Waals surface area (Å²) in [5, 5.41) is 0. The maximum atomic E-state index is 10.4. The van der Waals surface area contributed by atoms with Crippen LogP contribution < -0.4 is 0 Å². The summed E-state index contributed by atoms with van der Waals surface area (Å²) in [5.41, 5.74) is 1.27. The van der Waals surface area contributed by atoms with E-state index >= 15 is 0 Å². The molecule has 0 fully saturated rings. The predicted molar refractivity (Wildman–Crippen MR) is 54.4 cm³/mol. The molecule has 0 unspecified atom stereocenters. The number of benzene rings is 1. The van der Waals surface area contributed by atoms with Crippen LogP contribution in [0.1, 0.15) is 12.5 Å². The molecule has 0 aliphatic heterocycles. The molecular weight excluding hydrogens is 184 g/mol. The molecule has 0 atom stereocenters. The second-order valence-corrected chi connectivity index (χ2v) is 3.44. The fourth-order valence-corrected chi connectivity index (χ4v) is 1.50. The van der Waals surface area contributed by atoms with Gasteiger partial charge in [0.1, 0.15) is 0 Å². The highest BCUT2D eigenvalue weighted by molar-refractivity contribution is 7.95. The van der Waals surface area contributed by atoms with Gasteiger partial charge in [0, 0.05) is 12.7 Å². The van der Waals surface area contributed by atoms with E-state index in [0.29, 0.717) is 0 Å². The molecule has 0 saturated heterocycles. The lowest BCUT2D eigenvalue weighted by Gasteiger charge is -1.99. The number of hydrogen-bond donors (Lipinski definition) is 0. The van der Waals surface area contributed by atoms with Crippen molar-refractivity contribution < 1.29 is 8.98 Å². The van der Waals surface area contributed by atoms with Crippen LogP contribution >= 0.6 is 12.0 Å². The third kappa shape index (κ3) is 4.58. The lowest BCUT2D eigenvalue weighted by Crippen LogP contribution is -1.93. The first-order valence-corrected chi connectivity index (χ1v) is 5.04. The van der Waals surface area contributed by atoms with Crippen molar-refractivity contribution >= 4 is 18.0 Å². The number of rotatable bonds is 4. The van der Waals surface area contributed by atoms with E-state index in [1.165, 1.54) is 24.5 Å². The Morgan fingerprint density at radius 1 is 1.38 bits per heavy atom. The first-order chi connectivity index (χ1) is 6.29. The fourth-order valence-electron chi connectivity index (χ4n) is 0.929. The largest absolute Gasteiger partial charge is 0.392 e. The van der Waals surface area contributed by atoms with Crippen LogP contribution in [0.25, 0.3) is 0 Å². The Kier molecular flexibility index (Phi) is 4.40. The van der Waals surface area contributed by atoms with Gasteiger partial charge in [-0.05, 0) is 12.0 Å². The molecule has 0 aromatic heterocycles. The van der Waals surface area contributed by atoms with E-state index in [2.05, 4.69) is 12.1 Å². The average Bonchev–Trinajstić information content (AvgIpc) is 2.14. The van der Waals surface area contributed by atoms with Crippen LogP contribution in [-0.2, 0) is 15.4 Å². The van der Waals surface area contributed by atoms with Crippen LogP contribution in [0, 0.1) is 0 Å². The zero-order chi connectivity index (χ0) is 9.52. The molecule has 0 saturated carbocycles. The van der Waals surface area contributed by atoms with E-state index in [9.17, 15) is 4.79 Å². The molecular formula is C10H12O2S. The Balaban J connectivity index is 2.17. The Morgan fingerprint density at radius 2 is 2.08 bits per heavy atom. The number of hydrogen-bond acceptors (Lipinski definition) is 3. The van der Waals surface area contributed by atoms with Gasteiger partial charge in [-0.15, -0.1) is 0 Å². The molecule has 1 aromatic carbocycles. The van der Waals surface area contributed by atoms with Crippen LogP contribution in [-0.4, -0.2) is 11.7 Å². The van der Waals surface area contributed by atoms with Crippen LogP contribution in [0.4, 0.5) is 0 Å². The third-order valence-electron chi connectivity index (χ3n) is 1.49. The second kappa shape index (κ2) is 5.65. The standard InChI is InChI=1S/C10H12O2S/c1-9(11)12-13-8-7-10-5-3-2-4-6-10/h2-6H,7-8H2,1H3. The molecule has 0 aliphatic carbocycles. The molecule has 0 heterocycles. The minimum absolute atomic E-state index is 0.238. The highest BCUT2D eigenvalue weighted by atomic mass is 32.2. The Bertz CT molecular complexity index is 259. The number of aryl methyl sites for hydroxylation is 1. The molecule has 0 bridgehead atoms. The lowest BCUT2D eigenvalue weighted by molar-refractivity contribution is -0.130. The summed E-state index contributed by atoms with van der Waals surface area (Å²) in [6, 6.07) is 10.1. The van der Waals surface area contributed by atoms with Crippen molar-refractivity contribution in [3.05, 3.63) is 35.9 Å². The fraction of sp³-hybridized carbons (Fsp3) is 0.300. The van der Waals surface area contributed by atoms with Gasteiger partial charge in [-0.2, -0.15) is 0 Å². The van der Waals surface area contributed by atoms with Crippen molar-refractivity contribution in [3.63, 3.8) is 0 Å². The van der Waals surface area contributed by atoms with Gasteiger partial charge < -0.3 is 4.18 Å². The summed E-state index contributed by atoms with van der Waals surface area (Å²) in [5.74, 6) is 0.571. The molecule has 0 N–H and O–H groups in total. The Morgan fingerprint density at radius 3 is 2.69 bits per heavy atom. The van der Waals surface area contributed by atoms with Crippen LogP contribution in [0.5, 0.6) is 0 Å². The van der Waals surface area contributed by atoms with Crippen LogP contribution in [0.15, 0.2) is 30.3 Å². The zero-order valence-corrected chi connectivity index (χ0v) is 8.34.